The number of amides is 2. The van der Waals surface area contributed by atoms with Gasteiger partial charge in [-0.15, -0.1) is 12.4 Å². The predicted molar refractivity (Wildman–Crippen MR) is 110 cm³/mol. The van der Waals surface area contributed by atoms with Crippen molar-refractivity contribution in [3.05, 3.63) is 35.6 Å². The van der Waals surface area contributed by atoms with Crippen molar-refractivity contribution in [1.82, 2.24) is 15.5 Å². The van der Waals surface area contributed by atoms with Crippen LogP contribution in [0.2, 0.25) is 0 Å². The van der Waals surface area contributed by atoms with E-state index in [2.05, 4.69) is 10.6 Å². The third-order valence-electron chi connectivity index (χ3n) is 5.73. The van der Waals surface area contributed by atoms with Crippen LogP contribution in [0.4, 0.5) is 4.39 Å². The Morgan fingerprint density at radius 3 is 2.68 bits per heavy atom. The van der Waals surface area contributed by atoms with Gasteiger partial charge >= 0.3 is 0 Å². The summed E-state index contributed by atoms with van der Waals surface area (Å²) in [4.78, 5) is 26.8. The molecule has 0 aromatic heterocycles. The molecule has 5 nitrogen and oxygen atoms in total. The molecule has 3 atom stereocenters. The lowest BCUT2D eigenvalue weighted by molar-refractivity contribution is -0.133. The lowest BCUT2D eigenvalue weighted by Crippen LogP contribution is -2.46. The summed E-state index contributed by atoms with van der Waals surface area (Å²) >= 11 is 0. The monoisotopic (exact) mass is 411 g/mol. The Hall–Kier alpha value is -1.66. The Bertz CT molecular complexity index is 650. The molecule has 0 saturated carbocycles. The average molecular weight is 412 g/mol. The van der Waals surface area contributed by atoms with Gasteiger partial charge in [-0.3, -0.25) is 9.59 Å². The number of benzene rings is 1. The van der Waals surface area contributed by atoms with Crippen molar-refractivity contribution in [3.8, 4) is 0 Å². The van der Waals surface area contributed by atoms with Crippen molar-refractivity contribution in [1.29, 1.82) is 0 Å². The van der Waals surface area contributed by atoms with Gasteiger partial charge in [0, 0.05) is 26.1 Å². The van der Waals surface area contributed by atoms with Gasteiger partial charge in [-0.1, -0.05) is 19.1 Å². The van der Waals surface area contributed by atoms with Gasteiger partial charge in [0.2, 0.25) is 11.8 Å². The quantitative estimate of drug-likeness (QED) is 0.756. The summed E-state index contributed by atoms with van der Waals surface area (Å²) in [6, 6.07) is 6.32. The molecule has 3 unspecified atom stereocenters. The lowest BCUT2D eigenvalue weighted by atomic mass is 9.94. The normalized spacial score (nSPS) is 23.0. The Morgan fingerprint density at radius 1 is 1.25 bits per heavy atom. The Kier molecular flexibility index (Phi) is 8.70. The summed E-state index contributed by atoms with van der Waals surface area (Å²) in [5, 5.41) is 6.26. The van der Waals surface area contributed by atoms with Crippen molar-refractivity contribution in [3.63, 3.8) is 0 Å². The molecular weight excluding hydrogens is 381 g/mol. The topological polar surface area (TPSA) is 61.4 Å². The number of carbonyl (C=O) groups excluding carboxylic acids is 2. The van der Waals surface area contributed by atoms with Gasteiger partial charge in [-0.05, 0) is 61.8 Å². The number of nitrogens with one attached hydrogen (secondary N) is 2. The zero-order valence-corrected chi connectivity index (χ0v) is 17.3. The van der Waals surface area contributed by atoms with Crippen LogP contribution in [-0.4, -0.2) is 48.9 Å². The highest BCUT2D eigenvalue weighted by Crippen LogP contribution is 2.23. The van der Waals surface area contributed by atoms with E-state index >= 15 is 0 Å². The third kappa shape index (κ3) is 6.17. The molecule has 0 aliphatic carbocycles. The maximum absolute atomic E-state index is 13.1. The fourth-order valence-electron chi connectivity index (χ4n) is 4.03. The first kappa shape index (κ1) is 22.6. The fraction of sp³-hybridized carbons (Fsp3) is 0.619. The van der Waals surface area contributed by atoms with Crippen LogP contribution in [0, 0.1) is 11.7 Å². The molecule has 0 radical (unpaired) electrons. The molecule has 1 aromatic carbocycles. The minimum atomic E-state index is -0.258. The second kappa shape index (κ2) is 10.8. The summed E-state index contributed by atoms with van der Waals surface area (Å²) in [5.74, 6) is 0.341. The molecule has 2 heterocycles. The molecule has 0 bridgehead atoms. The van der Waals surface area contributed by atoms with Gasteiger partial charge in [0.05, 0.1) is 6.04 Å². The van der Waals surface area contributed by atoms with E-state index in [0.717, 1.165) is 44.3 Å². The van der Waals surface area contributed by atoms with Gasteiger partial charge in [0.15, 0.2) is 0 Å². The average Bonchev–Trinajstić information content (AvgIpc) is 3.21. The molecule has 0 spiro atoms. The van der Waals surface area contributed by atoms with Crippen LogP contribution in [-0.2, 0) is 9.59 Å². The van der Waals surface area contributed by atoms with Crippen molar-refractivity contribution in [2.45, 2.75) is 51.0 Å². The predicted octanol–water partition coefficient (Wildman–Crippen LogP) is 2.85. The van der Waals surface area contributed by atoms with Crippen molar-refractivity contribution < 1.29 is 14.0 Å². The van der Waals surface area contributed by atoms with Crippen molar-refractivity contribution in [2.75, 3.05) is 26.2 Å². The number of likely N-dealkylation sites (tertiary alicyclic amines) is 1. The number of rotatable bonds is 6. The van der Waals surface area contributed by atoms with E-state index in [1.165, 1.54) is 12.1 Å². The second-order valence-electron chi connectivity index (χ2n) is 7.90. The molecule has 2 N–H and O–H groups in total. The van der Waals surface area contributed by atoms with Gasteiger partial charge in [-0.2, -0.15) is 0 Å². The summed E-state index contributed by atoms with van der Waals surface area (Å²) < 4.78 is 13.1. The molecule has 2 aliphatic rings. The van der Waals surface area contributed by atoms with Crippen LogP contribution >= 0.6 is 12.4 Å². The Balaban J connectivity index is 0.00000280. The summed E-state index contributed by atoms with van der Waals surface area (Å²) in [6.45, 7) is 5.03. The first-order valence-corrected chi connectivity index (χ1v) is 10.1. The first-order valence-electron chi connectivity index (χ1n) is 10.1. The molecule has 2 fully saturated rings. The highest BCUT2D eigenvalue weighted by Gasteiger charge is 2.27. The smallest absolute Gasteiger partial charge is 0.237 e. The molecular formula is C21H31ClFN3O2. The summed E-state index contributed by atoms with van der Waals surface area (Å²) in [5.41, 5.74) is 0.981. The highest BCUT2D eigenvalue weighted by molar-refractivity contribution is 5.85. The van der Waals surface area contributed by atoms with Gasteiger partial charge < -0.3 is 15.5 Å². The maximum Gasteiger partial charge on any atom is 0.237 e. The summed E-state index contributed by atoms with van der Waals surface area (Å²) in [6.07, 6.45) is 4.39. The molecule has 2 saturated heterocycles. The van der Waals surface area contributed by atoms with Crippen LogP contribution in [0.25, 0.3) is 0 Å². The molecule has 2 aliphatic heterocycles. The second-order valence-corrected chi connectivity index (χ2v) is 7.90. The van der Waals surface area contributed by atoms with E-state index < -0.39 is 0 Å². The zero-order valence-electron chi connectivity index (χ0n) is 16.5. The van der Waals surface area contributed by atoms with Crippen LogP contribution in [0.3, 0.4) is 0 Å². The van der Waals surface area contributed by atoms with Gasteiger partial charge in [0.25, 0.3) is 0 Å². The first-order chi connectivity index (χ1) is 13.0. The molecule has 1 aromatic rings. The van der Waals surface area contributed by atoms with Crippen molar-refractivity contribution in [2.24, 2.45) is 5.92 Å². The number of hydrogen-bond donors (Lipinski definition) is 2. The number of piperidine rings is 1. The van der Waals surface area contributed by atoms with E-state index in [1.54, 1.807) is 12.1 Å². The third-order valence-corrected chi connectivity index (χ3v) is 5.73. The van der Waals surface area contributed by atoms with Crippen LogP contribution in [0.15, 0.2) is 24.3 Å². The van der Waals surface area contributed by atoms with Crippen LogP contribution in [0.5, 0.6) is 0 Å². The fourth-order valence-corrected chi connectivity index (χ4v) is 4.03. The highest BCUT2D eigenvalue weighted by atomic mass is 35.5. The molecule has 28 heavy (non-hydrogen) atoms. The van der Waals surface area contributed by atoms with E-state index in [9.17, 15) is 14.0 Å². The Labute approximate surface area is 172 Å². The lowest BCUT2D eigenvalue weighted by Gasteiger charge is -2.33. The minimum absolute atomic E-state index is 0. The van der Waals surface area contributed by atoms with E-state index in [4.69, 9.17) is 0 Å². The van der Waals surface area contributed by atoms with E-state index in [-0.39, 0.29) is 42.0 Å². The van der Waals surface area contributed by atoms with Crippen molar-refractivity contribution >= 4 is 24.2 Å². The van der Waals surface area contributed by atoms with E-state index in [1.807, 2.05) is 11.8 Å². The Morgan fingerprint density at radius 2 is 2.00 bits per heavy atom. The minimum Gasteiger partial charge on any atom is -0.354 e. The van der Waals surface area contributed by atoms with Gasteiger partial charge in [0.1, 0.15) is 5.82 Å². The standard InChI is InChI=1S/C21H30FN3O2.ClH/c1-15(17-6-8-18(22)9-7-17)12-20(26)25-11-3-4-16(14-25)13-24-21(27)19-5-2-10-23-19;/h6-9,15-16,19,23H,2-5,10-14H2,1H3,(H,24,27);1H. The molecule has 156 valence electrons. The molecule has 7 heteroatoms. The molecule has 3 rings (SSSR count). The van der Waals surface area contributed by atoms with Gasteiger partial charge in [-0.25, -0.2) is 4.39 Å². The zero-order chi connectivity index (χ0) is 19.2. The number of carbonyl (C=O) groups is 2. The molecule has 2 amide bonds. The van der Waals surface area contributed by atoms with Crippen LogP contribution < -0.4 is 10.6 Å². The number of halogens is 2. The maximum atomic E-state index is 13.1. The SMILES string of the molecule is CC(CC(=O)N1CCCC(CNC(=O)C2CCCN2)C1)c1ccc(F)cc1.Cl. The van der Waals surface area contributed by atoms with Crippen LogP contribution in [0.1, 0.15) is 50.5 Å². The summed E-state index contributed by atoms with van der Waals surface area (Å²) in [7, 11) is 0. The van der Waals surface area contributed by atoms with E-state index in [0.29, 0.717) is 25.4 Å². The number of hydrogen-bond acceptors (Lipinski definition) is 3. The largest absolute Gasteiger partial charge is 0.354 e. The number of nitrogens with zero attached hydrogens (tertiary/aromatic N) is 1.